The Hall–Kier alpha value is -1.80. The molecule has 0 heterocycles. The number of rotatable bonds is 4. The number of isocyanates is 1. The lowest BCUT2D eigenvalue weighted by atomic mass is 10.1. The highest BCUT2D eigenvalue weighted by atomic mass is 16.5. The van der Waals surface area contributed by atoms with Crippen molar-refractivity contribution in [1.82, 2.24) is 0 Å². The zero-order chi connectivity index (χ0) is 11.5. The Balaban J connectivity index is 2.28. The molecule has 1 aromatic rings. The van der Waals surface area contributed by atoms with Gasteiger partial charge in [0.05, 0.1) is 20.3 Å². The minimum Gasteiger partial charge on any atom is -0.497 e. The van der Waals surface area contributed by atoms with Crippen LogP contribution in [0, 0.1) is 0 Å². The van der Waals surface area contributed by atoms with Crippen molar-refractivity contribution in [2.75, 3.05) is 14.2 Å². The zero-order valence-electron chi connectivity index (χ0n) is 9.27. The topological polar surface area (TPSA) is 47.9 Å². The van der Waals surface area contributed by atoms with E-state index < -0.39 is 0 Å². The second-order valence-electron chi connectivity index (χ2n) is 3.74. The lowest BCUT2D eigenvalue weighted by Gasteiger charge is -2.09. The van der Waals surface area contributed by atoms with E-state index in [9.17, 15) is 4.79 Å². The molecule has 4 nitrogen and oxygen atoms in total. The maximum Gasteiger partial charge on any atom is 0.235 e. The van der Waals surface area contributed by atoms with Crippen LogP contribution >= 0.6 is 0 Å². The molecule has 2 unspecified atom stereocenters. The number of benzene rings is 1. The van der Waals surface area contributed by atoms with Crippen LogP contribution in [0.5, 0.6) is 11.5 Å². The van der Waals surface area contributed by atoms with Crippen molar-refractivity contribution in [3.8, 4) is 11.5 Å². The molecule has 0 radical (unpaired) electrons. The van der Waals surface area contributed by atoms with Gasteiger partial charge in [-0.2, -0.15) is 0 Å². The summed E-state index contributed by atoms with van der Waals surface area (Å²) in [5.41, 5.74) is 1.05. The van der Waals surface area contributed by atoms with Crippen molar-refractivity contribution in [3.05, 3.63) is 23.8 Å². The summed E-state index contributed by atoms with van der Waals surface area (Å²) in [6, 6.07) is 5.71. The van der Waals surface area contributed by atoms with Crippen LogP contribution in [0.15, 0.2) is 23.2 Å². The fraction of sp³-hybridized carbons (Fsp3) is 0.417. The summed E-state index contributed by atoms with van der Waals surface area (Å²) in [5, 5.41) is 0. The third kappa shape index (κ3) is 1.92. The summed E-state index contributed by atoms with van der Waals surface area (Å²) >= 11 is 0. The van der Waals surface area contributed by atoms with Crippen LogP contribution in [0.2, 0.25) is 0 Å². The predicted molar refractivity (Wildman–Crippen MR) is 58.8 cm³/mol. The Kier molecular flexibility index (Phi) is 2.93. The van der Waals surface area contributed by atoms with Gasteiger partial charge in [-0.05, 0) is 24.6 Å². The number of methoxy groups -OCH3 is 2. The van der Waals surface area contributed by atoms with E-state index in [4.69, 9.17) is 9.47 Å². The normalized spacial score (nSPS) is 22.1. The van der Waals surface area contributed by atoms with Gasteiger partial charge < -0.3 is 9.47 Å². The summed E-state index contributed by atoms with van der Waals surface area (Å²) in [6.45, 7) is 0. The highest BCUT2D eigenvalue weighted by molar-refractivity contribution is 5.47. The summed E-state index contributed by atoms with van der Waals surface area (Å²) in [5.74, 6) is 1.86. The Morgan fingerprint density at radius 2 is 2.19 bits per heavy atom. The lowest BCUT2D eigenvalue weighted by Crippen LogP contribution is -1.94. The van der Waals surface area contributed by atoms with Gasteiger partial charge in [0, 0.05) is 11.5 Å². The molecular formula is C12H13NO3. The largest absolute Gasteiger partial charge is 0.497 e. The molecule has 0 aromatic heterocycles. The third-order valence-electron chi connectivity index (χ3n) is 2.81. The van der Waals surface area contributed by atoms with Gasteiger partial charge >= 0.3 is 0 Å². The number of ether oxygens (including phenoxy) is 2. The molecule has 0 N–H and O–H groups in total. The van der Waals surface area contributed by atoms with E-state index in [0.29, 0.717) is 0 Å². The van der Waals surface area contributed by atoms with Crippen molar-refractivity contribution in [3.63, 3.8) is 0 Å². The SMILES string of the molecule is COc1ccc(OC)c(C2CC2N=C=O)c1. The van der Waals surface area contributed by atoms with Crippen molar-refractivity contribution in [2.45, 2.75) is 18.4 Å². The molecule has 4 heteroatoms. The Labute approximate surface area is 93.9 Å². The second kappa shape index (κ2) is 4.37. The monoisotopic (exact) mass is 219 g/mol. The molecule has 1 aliphatic rings. The van der Waals surface area contributed by atoms with E-state index in [-0.39, 0.29) is 12.0 Å². The number of hydrogen-bond donors (Lipinski definition) is 0. The average molecular weight is 219 g/mol. The molecule has 84 valence electrons. The van der Waals surface area contributed by atoms with E-state index in [1.54, 1.807) is 20.3 Å². The Morgan fingerprint density at radius 1 is 1.38 bits per heavy atom. The summed E-state index contributed by atoms with van der Waals surface area (Å²) in [7, 11) is 3.26. The summed E-state index contributed by atoms with van der Waals surface area (Å²) in [6.07, 6.45) is 2.47. The van der Waals surface area contributed by atoms with Crippen LogP contribution in [0.1, 0.15) is 17.9 Å². The molecule has 16 heavy (non-hydrogen) atoms. The molecule has 0 aliphatic heterocycles. The first kappa shape index (κ1) is 10.7. The summed E-state index contributed by atoms with van der Waals surface area (Å²) < 4.78 is 10.4. The van der Waals surface area contributed by atoms with E-state index in [1.165, 1.54) is 0 Å². The predicted octanol–water partition coefficient (Wildman–Crippen LogP) is 1.90. The second-order valence-corrected chi connectivity index (χ2v) is 3.74. The van der Waals surface area contributed by atoms with E-state index in [0.717, 1.165) is 23.5 Å². The van der Waals surface area contributed by atoms with Crippen LogP contribution in [-0.4, -0.2) is 26.3 Å². The Morgan fingerprint density at radius 3 is 2.81 bits per heavy atom. The molecule has 0 bridgehead atoms. The minimum atomic E-state index is 0.0542. The molecular weight excluding hydrogens is 206 g/mol. The lowest BCUT2D eigenvalue weighted by molar-refractivity contribution is 0.398. The van der Waals surface area contributed by atoms with E-state index in [2.05, 4.69) is 4.99 Å². The van der Waals surface area contributed by atoms with Gasteiger partial charge in [-0.1, -0.05) is 0 Å². The maximum absolute atomic E-state index is 10.2. The maximum atomic E-state index is 10.2. The standard InChI is InChI=1S/C12H13NO3/c1-15-8-3-4-12(16-2)10(5-8)9-6-11(9)13-7-14/h3-5,9,11H,6H2,1-2H3. The van der Waals surface area contributed by atoms with Gasteiger partial charge in [-0.3, -0.25) is 0 Å². The highest BCUT2D eigenvalue weighted by Gasteiger charge is 2.40. The smallest absolute Gasteiger partial charge is 0.235 e. The number of nitrogens with zero attached hydrogens (tertiary/aromatic N) is 1. The molecule has 1 saturated carbocycles. The molecule has 0 saturated heterocycles. The highest BCUT2D eigenvalue weighted by Crippen LogP contribution is 2.47. The first-order chi connectivity index (χ1) is 7.80. The molecule has 1 aliphatic carbocycles. The van der Waals surface area contributed by atoms with Crippen molar-refractivity contribution < 1.29 is 14.3 Å². The minimum absolute atomic E-state index is 0.0542. The molecule has 0 amide bonds. The van der Waals surface area contributed by atoms with Crippen molar-refractivity contribution in [1.29, 1.82) is 0 Å². The van der Waals surface area contributed by atoms with Crippen LogP contribution < -0.4 is 9.47 Å². The van der Waals surface area contributed by atoms with Gasteiger partial charge in [0.25, 0.3) is 0 Å². The average Bonchev–Trinajstić information content (AvgIpc) is 3.08. The van der Waals surface area contributed by atoms with Crippen molar-refractivity contribution >= 4 is 6.08 Å². The van der Waals surface area contributed by atoms with E-state index >= 15 is 0 Å². The van der Waals surface area contributed by atoms with Crippen LogP contribution in [-0.2, 0) is 4.79 Å². The zero-order valence-corrected chi connectivity index (χ0v) is 9.27. The van der Waals surface area contributed by atoms with Gasteiger partial charge in [-0.25, -0.2) is 9.79 Å². The first-order valence-electron chi connectivity index (χ1n) is 5.09. The molecule has 2 atom stereocenters. The Bertz CT molecular complexity index is 438. The van der Waals surface area contributed by atoms with Gasteiger partial charge in [0.2, 0.25) is 6.08 Å². The van der Waals surface area contributed by atoms with Gasteiger partial charge in [0.15, 0.2) is 0 Å². The molecule has 1 aromatic carbocycles. The van der Waals surface area contributed by atoms with Gasteiger partial charge in [-0.15, -0.1) is 0 Å². The van der Waals surface area contributed by atoms with Crippen LogP contribution in [0.4, 0.5) is 0 Å². The number of carbonyl (C=O) groups excluding carboxylic acids is 1. The quantitative estimate of drug-likeness (QED) is 0.574. The number of aliphatic imine (C=N–C) groups is 1. The fourth-order valence-corrected chi connectivity index (χ4v) is 1.86. The molecule has 2 rings (SSSR count). The first-order valence-corrected chi connectivity index (χ1v) is 5.09. The third-order valence-corrected chi connectivity index (χ3v) is 2.81. The molecule has 1 fully saturated rings. The van der Waals surface area contributed by atoms with E-state index in [1.807, 2.05) is 18.2 Å². The van der Waals surface area contributed by atoms with Crippen LogP contribution in [0.25, 0.3) is 0 Å². The number of hydrogen-bond acceptors (Lipinski definition) is 4. The molecule has 0 spiro atoms. The fourth-order valence-electron chi connectivity index (χ4n) is 1.86. The van der Waals surface area contributed by atoms with Crippen LogP contribution in [0.3, 0.4) is 0 Å². The summed E-state index contributed by atoms with van der Waals surface area (Å²) in [4.78, 5) is 13.9. The van der Waals surface area contributed by atoms with Crippen molar-refractivity contribution in [2.24, 2.45) is 4.99 Å². The van der Waals surface area contributed by atoms with Gasteiger partial charge in [0.1, 0.15) is 11.5 Å².